The Balaban J connectivity index is 1.78. The molecule has 0 aromatic heterocycles. The van der Waals surface area contributed by atoms with Crippen LogP contribution in [0.4, 0.5) is 0 Å². The van der Waals surface area contributed by atoms with Crippen LogP contribution in [-0.2, 0) is 11.3 Å². The van der Waals surface area contributed by atoms with E-state index in [1.54, 1.807) is 0 Å². The van der Waals surface area contributed by atoms with Crippen molar-refractivity contribution in [3.63, 3.8) is 0 Å². The molecule has 112 valence electrons. The van der Waals surface area contributed by atoms with Gasteiger partial charge in [0.1, 0.15) is 0 Å². The number of carbonyl (C=O) groups is 1. The third-order valence-electron chi connectivity index (χ3n) is 3.70. The fourth-order valence-electron chi connectivity index (χ4n) is 2.56. The van der Waals surface area contributed by atoms with Crippen LogP contribution in [0.3, 0.4) is 0 Å². The molecule has 0 aliphatic heterocycles. The summed E-state index contributed by atoms with van der Waals surface area (Å²) in [6.45, 7) is 1.94. The van der Waals surface area contributed by atoms with Gasteiger partial charge in [-0.05, 0) is 48.8 Å². The molecular formula is C18H23NO2. The number of carboxylic acid groups (broad SMARTS) is 1. The van der Waals surface area contributed by atoms with Crippen LogP contribution >= 0.6 is 0 Å². The zero-order chi connectivity index (χ0) is 15.1. The third-order valence-corrected chi connectivity index (χ3v) is 3.70. The number of fused-ring (bicyclic) bond motifs is 1. The molecule has 0 saturated heterocycles. The smallest absolute Gasteiger partial charge is 0.303 e. The van der Waals surface area contributed by atoms with Crippen molar-refractivity contribution in [2.75, 3.05) is 13.6 Å². The Morgan fingerprint density at radius 3 is 2.57 bits per heavy atom. The first-order chi connectivity index (χ1) is 10.1. The van der Waals surface area contributed by atoms with Gasteiger partial charge >= 0.3 is 5.97 Å². The maximum atomic E-state index is 10.4. The Kier molecular flexibility index (Phi) is 5.76. The van der Waals surface area contributed by atoms with Crippen molar-refractivity contribution < 1.29 is 9.90 Å². The molecule has 1 N–H and O–H groups in total. The summed E-state index contributed by atoms with van der Waals surface area (Å²) in [6, 6.07) is 15.0. The molecule has 0 atom stereocenters. The summed E-state index contributed by atoms with van der Waals surface area (Å²) >= 11 is 0. The second-order valence-corrected chi connectivity index (χ2v) is 5.62. The van der Waals surface area contributed by atoms with Gasteiger partial charge in [0.15, 0.2) is 0 Å². The Bertz CT molecular complexity index is 595. The highest BCUT2D eigenvalue weighted by Gasteiger charge is 2.02. The van der Waals surface area contributed by atoms with E-state index in [9.17, 15) is 4.79 Å². The monoisotopic (exact) mass is 285 g/mol. The molecule has 3 nitrogen and oxygen atoms in total. The minimum atomic E-state index is -0.695. The van der Waals surface area contributed by atoms with E-state index < -0.39 is 5.97 Å². The number of rotatable bonds is 8. The SMILES string of the molecule is CN(CCCCCC(=O)O)Cc1ccc2ccccc2c1. The van der Waals surface area contributed by atoms with Gasteiger partial charge in [-0.1, -0.05) is 42.8 Å². The van der Waals surface area contributed by atoms with Gasteiger partial charge in [-0.15, -0.1) is 0 Å². The van der Waals surface area contributed by atoms with Gasteiger partial charge in [0.05, 0.1) is 0 Å². The van der Waals surface area contributed by atoms with Crippen LogP contribution in [0.15, 0.2) is 42.5 Å². The molecule has 2 rings (SSSR count). The normalized spacial score (nSPS) is 11.1. The van der Waals surface area contributed by atoms with Crippen LogP contribution in [0.5, 0.6) is 0 Å². The molecule has 0 bridgehead atoms. The molecule has 0 aliphatic carbocycles. The van der Waals surface area contributed by atoms with Crippen molar-refractivity contribution in [2.24, 2.45) is 0 Å². The van der Waals surface area contributed by atoms with Crippen molar-refractivity contribution in [2.45, 2.75) is 32.2 Å². The maximum absolute atomic E-state index is 10.4. The van der Waals surface area contributed by atoms with E-state index >= 15 is 0 Å². The van der Waals surface area contributed by atoms with E-state index in [1.807, 2.05) is 0 Å². The van der Waals surface area contributed by atoms with Gasteiger partial charge in [-0.25, -0.2) is 0 Å². The minimum Gasteiger partial charge on any atom is -0.481 e. The molecule has 0 spiro atoms. The average molecular weight is 285 g/mol. The van der Waals surface area contributed by atoms with Crippen LogP contribution in [-0.4, -0.2) is 29.6 Å². The summed E-state index contributed by atoms with van der Waals surface area (Å²) in [4.78, 5) is 12.7. The standard InChI is InChI=1S/C18H23NO2/c1-19(12-6-2-3-9-18(20)21)14-15-10-11-16-7-4-5-8-17(16)13-15/h4-5,7-8,10-11,13H,2-3,6,9,12,14H2,1H3,(H,20,21). The van der Waals surface area contributed by atoms with E-state index in [0.29, 0.717) is 0 Å². The van der Waals surface area contributed by atoms with Gasteiger partial charge in [-0.3, -0.25) is 4.79 Å². The zero-order valence-corrected chi connectivity index (χ0v) is 12.6. The first-order valence-corrected chi connectivity index (χ1v) is 7.53. The van der Waals surface area contributed by atoms with Gasteiger partial charge < -0.3 is 10.0 Å². The van der Waals surface area contributed by atoms with E-state index in [4.69, 9.17) is 5.11 Å². The maximum Gasteiger partial charge on any atom is 0.303 e. The molecule has 3 heteroatoms. The molecule has 2 aromatic rings. The topological polar surface area (TPSA) is 40.5 Å². The highest BCUT2D eigenvalue weighted by Crippen LogP contribution is 2.16. The van der Waals surface area contributed by atoms with E-state index in [-0.39, 0.29) is 6.42 Å². The van der Waals surface area contributed by atoms with Crippen molar-refractivity contribution in [3.05, 3.63) is 48.0 Å². The van der Waals surface area contributed by atoms with E-state index in [1.165, 1.54) is 16.3 Å². The van der Waals surface area contributed by atoms with Crippen LogP contribution in [0, 0.1) is 0 Å². The lowest BCUT2D eigenvalue weighted by molar-refractivity contribution is -0.137. The third kappa shape index (κ3) is 5.20. The fraction of sp³-hybridized carbons (Fsp3) is 0.389. The first kappa shape index (κ1) is 15.5. The second-order valence-electron chi connectivity index (χ2n) is 5.62. The van der Waals surface area contributed by atoms with E-state index in [0.717, 1.165) is 32.4 Å². The van der Waals surface area contributed by atoms with Crippen molar-refractivity contribution in [1.29, 1.82) is 0 Å². The summed E-state index contributed by atoms with van der Waals surface area (Å²) in [5.41, 5.74) is 1.32. The Morgan fingerprint density at radius 1 is 1.05 bits per heavy atom. The second kappa shape index (κ2) is 7.79. The first-order valence-electron chi connectivity index (χ1n) is 7.53. The summed E-state index contributed by atoms with van der Waals surface area (Å²) < 4.78 is 0. The number of nitrogens with zero attached hydrogens (tertiary/aromatic N) is 1. The quantitative estimate of drug-likeness (QED) is 0.747. The number of benzene rings is 2. The number of hydrogen-bond acceptors (Lipinski definition) is 2. The van der Waals surface area contributed by atoms with Gasteiger partial charge in [0, 0.05) is 13.0 Å². The summed E-state index contributed by atoms with van der Waals surface area (Å²) in [5, 5.41) is 11.2. The lowest BCUT2D eigenvalue weighted by Crippen LogP contribution is -2.19. The van der Waals surface area contributed by atoms with Crippen LogP contribution < -0.4 is 0 Å². The predicted molar refractivity (Wildman–Crippen MR) is 86.4 cm³/mol. The lowest BCUT2D eigenvalue weighted by Gasteiger charge is -2.16. The molecule has 0 aliphatic rings. The molecule has 0 saturated carbocycles. The molecule has 0 unspecified atom stereocenters. The fourth-order valence-corrected chi connectivity index (χ4v) is 2.56. The lowest BCUT2D eigenvalue weighted by atomic mass is 10.1. The summed E-state index contributed by atoms with van der Waals surface area (Å²) in [5.74, 6) is -0.695. The van der Waals surface area contributed by atoms with Gasteiger partial charge in [0.2, 0.25) is 0 Å². The average Bonchev–Trinajstić information content (AvgIpc) is 2.46. The Labute approximate surface area is 126 Å². The highest BCUT2D eigenvalue weighted by atomic mass is 16.4. The number of aliphatic carboxylic acids is 1. The van der Waals surface area contributed by atoms with Crippen LogP contribution in [0.2, 0.25) is 0 Å². The molecule has 21 heavy (non-hydrogen) atoms. The predicted octanol–water partition coefficient (Wildman–Crippen LogP) is 3.92. The molecule has 0 radical (unpaired) electrons. The molecule has 2 aromatic carbocycles. The Morgan fingerprint density at radius 2 is 1.81 bits per heavy atom. The molecular weight excluding hydrogens is 262 g/mol. The van der Waals surface area contributed by atoms with Crippen LogP contribution in [0.1, 0.15) is 31.2 Å². The molecule has 0 amide bonds. The highest BCUT2D eigenvalue weighted by molar-refractivity contribution is 5.82. The Hall–Kier alpha value is -1.87. The number of unbranched alkanes of at least 4 members (excludes halogenated alkanes) is 2. The van der Waals surface area contributed by atoms with Gasteiger partial charge in [0.25, 0.3) is 0 Å². The largest absolute Gasteiger partial charge is 0.481 e. The van der Waals surface area contributed by atoms with Crippen molar-refractivity contribution in [3.8, 4) is 0 Å². The van der Waals surface area contributed by atoms with Crippen LogP contribution in [0.25, 0.3) is 10.8 Å². The number of carboxylic acids is 1. The molecule has 0 fully saturated rings. The zero-order valence-electron chi connectivity index (χ0n) is 12.6. The summed E-state index contributed by atoms with van der Waals surface area (Å²) in [6.07, 6.45) is 3.10. The van der Waals surface area contributed by atoms with Crippen molar-refractivity contribution in [1.82, 2.24) is 4.90 Å². The summed E-state index contributed by atoms with van der Waals surface area (Å²) in [7, 11) is 2.12. The number of hydrogen-bond donors (Lipinski definition) is 1. The van der Waals surface area contributed by atoms with Crippen molar-refractivity contribution >= 4 is 16.7 Å². The van der Waals surface area contributed by atoms with Gasteiger partial charge in [-0.2, -0.15) is 0 Å². The molecule has 0 heterocycles. The minimum absolute atomic E-state index is 0.286. The van der Waals surface area contributed by atoms with E-state index in [2.05, 4.69) is 54.4 Å².